The molecule has 0 radical (unpaired) electrons. The third kappa shape index (κ3) is 2.37. The van der Waals surface area contributed by atoms with Crippen molar-refractivity contribution in [3.8, 4) is 0 Å². The van der Waals surface area contributed by atoms with E-state index < -0.39 is 21.4 Å². The summed E-state index contributed by atoms with van der Waals surface area (Å²) in [6.45, 7) is 3.74. The Hall–Kier alpha value is -1.41. The molecule has 0 saturated carbocycles. The highest BCUT2D eigenvalue weighted by Crippen LogP contribution is 2.33. The van der Waals surface area contributed by atoms with Crippen LogP contribution in [0.15, 0.2) is 11.1 Å². The predicted octanol–water partition coefficient (Wildman–Crippen LogP) is 0.594. The number of hydrogen-bond donors (Lipinski definition) is 2. The Labute approximate surface area is 111 Å². The summed E-state index contributed by atoms with van der Waals surface area (Å²) in [5, 5.41) is 15.4. The number of aromatic nitrogens is 2. The third-order valence-corrected chi connectivity index (χ3v) is 5.76. The van der Waals surface area contributed by atoms with E-state index in [4.69, 9.17) is 5.11 Å². The van der Waals surface area contributed by atoms with E-state index in [2.05, 4.69) is 10.2 Å². The van der Waals surface area contributed by atoms with E-state index >= 15 is 0 Å². The maximum Gasteiger partial charge on any atom is 0.309 e. The van der Waals surface area contributed by atoms with Gasteiger partial charge in [0.1, 0.15) is 4.90 Å². The second-order valence-corrected chi connectivity index (χ2v) is 7.04. The topological polar surface area (TPSA) is 103 Å². The first-order chi connectivity index (χ1) is 8.77. The van der Waals surface area contributed by atoms with Gasteiger partial charge in [-0.05, 0) is 26.7 Å². The van der Waals surface area contributed by atoms with Crippen molar-refractivity contribution in [2.75, 3.05) is 13.1 Å². The highest BCUT2D eigenvalue weighted by atomic mass is 32.2. The van der Waals surface area contributed by atoms with Crippen molar-refractivity contribution in [2.45, 2.75) is 31.6 Å². The molecule has 1 fully saturated rings. The lowest BCUT2D eigenvalue weighted by Crippen LogP contribution is -2.45. The summed E-state index contributed by atoms with van der Waals surface area (Å²) in [6, 6.07) is 0. The molecule has 2 heterocycles. The van der Waals surface area contributed by atoms with Crippen molar-refractivity contribution >= 4 is 16.0 Å². The molecule has 1 saturated heterocycles. The first kappa shape index (κ1) is 14.0. The summed E-state index contributed by atoms with van der Waals surface area (Å²) in [5.41, 5.74) is -0.344. The molecule has 0 aliphatic carbocycles. The summed E-state index contributed by atoms with van der Waals surface area (Å²) in [5.74, 6) is -0.871. The van der Waals surface area contributed by atoms with Crippen molar-refractivity contribution in [1.29, 1.82) is 0 Å². The normalized spacial score (nSPS) is 20.3. The van der Waals surface area contributed by atoms with E-state index in [1.54, 1.807) is 13.8 Å². The lowest BCUT2D eigenvalue weighted by atomic mass is 9.81. The van der Waals surface area contributed by atoms with Crippen molar-refractivity contribution in [3.63, 3.8) is 0 Å². The molecule has 1 aliphatic rings. The number of hydrogen-bond acceptors (Lipinski definition) is 4. The Morgan fingerprint density at radius 2 is 2.05 bits per heavy atom. The average Bonchev–Trinajstić information content (AvgIpc) is 2.76. The van der Waals surface area contributed by atoms with E-state index in [9.17, 15) is 13.2 Å². The van der Waals surface area contributed by atoms with Gasteiger partial charge in [0.2, 0.25) is 10.0 Å². The van der Waals surface area contributed by atoms with Crippen LogP contribution in [0.2, 0.25) is 0 Å². The second kappa shape index (κ2) is 4.61. The number of nitrogens with zero attached hydrogens (tertiary/aromatic N) is 2. The zero-order valence-electron chi connectivity index (χ0n) is 10.9. The number of aryl methyl sites for hydroxylation is 1. The smallest absolute Gasteiger partial charge is 0.309 e. The Morgan fingerprint density at radius 3 is 2.47 bits per heavy atom. The molecule has 7 nitrogen and oxygen atoms in total. The number of sulfonamides is 1. The van der Waals surface area contributed by atoms with Gasteiger partial charge in [0.25, 0.3) is 0 Å². The number of aromatic amines is 1. The summed E-state index contributed by atoms with van der Waals surface area (Å²) in [7, 11) is -3.58. The minimum atomic E-state index is -3.58. The molecule has 0 amide bonds. The molecule has 2 rings (SSSR count). The Kier molecular flexibility index (Phi) is 3.40. The van der Waals surface area contributed by atoms with Gasteiger partial charge in [0, 0.05) is 13.1 Å². The molecule has 1 aromatic rings. The summed E-state index contributed by atoms with van der Waals surface area (Å²) >= 11 is 0. The van der Waals surface area contributed by atoms with Crippen LogP contribution in [-0.4, -0.2) is 47.1 Å². The first-order valence-electron chi connectivity index (χ1n) is 6.01. The summed E-state index contributed by atoms with van der Waals surface area (Å²) in [4.78, 5) is 11.3. The fraction of sp³-hybridized carbons (Fsp3) is 0.636. The van der Waals surface area contributed by atoms with Crippen LogP contribution < -0.4 is 0 Å². The molecule has 1 aliphatic heterocycles. The summed E-state index contributed by atoms with van der Waals surface area (Å²) < 4.78 is 26.1. The van der Waals surface area contributed by atoms with Gasteiger partial charge in [-0.1, -0.05) is 0 Å². The lowest BCUT2D eigenvalue weighted by Gasteiger charge is -2.35. The lowest BCUT2D eigenvalue weighted by molar-refractivity contribution is -0.150. The van der Waals surface area contributed by atoms with Crippen LogP contribution in [0.5, 0.6) is 0 Å². The van der Waals surface area contributed by atoms with Gasteiger partial charge >= 0.3 is 5.97 Å². The van der Waals surface area contributed by atoms with Gasteiger partial charge in [-0.3, -0.25) is 9.89 Å². The van der Waals surface area contributed by atoms with Crippen LogP contribution >= 0.6 is 0 Å². The van der Waals surface area contributed by atoms with Crippen LogP contribution in [0.1, 0.15) is 25.5 Å². The van der Waals surface area contributed by atoms with Crippen LogP contribution in [0.25, 0.3) is 0 Å². The van der Waals surface area contributed by atoms with Crippen molar-refractivity contribution < 1.29 is 18.3 Å². The predicted molar refractivity (Wildman–Crippen MR) is 67.1 cm³/mol. The number of nitrogens with one attached hydrogen (secondary N) is 1. The van der Waals surface area contributed by atoms with Gasteiger partial charge in [0.05, 0.1) is 17.3 Å². The molecule has 0 aromatic carbocycles. The Bertz CT molecular complexity index is 585. The maximum atomic E-state index is 12.4. The largest absolute Gasteiger partial charge is 0.481 e. The summed E-state index contributed by atoms with van der Waals surface area (Å²) in [6.07, 6.45) is 1.92. The van der Waals surface area contributed by atoms with E-state index in [0.29, 0.717) is 18.5 Å². The quantitative estimate of drug-likeness (QED) is 0.847. The average molecular weight is 287 g/mol. The highest BCUT2D eigenvalue weighted by molar-refractivity contribution is 7.89. The second-order valence-electron chi connectivity index (χ2n) is 5.13. The number of piperidine rings is 1. The molecule has 0 spiro atoms. The monoisotopic (exact) mass is 287 g/mol. The van der Waals surface area contributed by atoms with Crippen molar-refractivity contribution in [2.24, 2.45) is 5.41 Å². The SMILES string of the molecule is Cc1[nH]ncc1S(=O)(=O)N1CCC(C)(C(=O)O)CC1. The fourth-order valence-electron chi connectivity index (χ4n) is 2.17. The fourth-order valence-corrected chi connectivity index (χ4v) is 3.73. The third-order valence-electron chi connectivity index (χ3n) is 3.74. The van der Waals surface area contributed by atoms with Gasteiger partial charge in [-0.25, -0.2) is 8.42 Å². The van der Waals surface area contributed by atoms with E-state index in [0.717, 1.165) is 0 Å². The van der Waals surface area contributed by atoms with Crippen LogP contribution in [0, 0.1) is 12.3 Å². The maximum absolute atomic E-state index is 12.4. The number of H-pyrrole nitrogens is 1. The molecule has 1 aromatic heterocycles. The molecule has 106 valence electrons. The minimum absolute atomic E-state index is 0.159. The van der Waals surface area contributed by atoms with Crippen LogP contribution in [-0.2, 0) is 14.8 Å². The minimum Gasteiger partial charge on any atom is -0.481 e. The standard InChI is InChI=1S/C11H17N3O4S/c1-8-9(7-12-13-8)19(17,18)14-5-3-11(2,4-6-14)10(15)16/h7H,3-6H2,1-2H3,(H,12,13)(H,15,16). The van der Waals surface area contributed by atoms with Crippen LogP contribution in [0.3, 0.4) is 0 Å². The van der Waals surface area contributed by atoms with Gasteiger partial charge in [-0.2, -0.15) is 9.40 Å². The van der Waals surface area contributed by atoms with E-state index in [1.807, 2.05) is 0 Å². The van der Waals surface area contributed by atoms with Crippen molar-refractivity contribution in [1.82, 2.24) is 14.5 Å². The zero-order valence-corrected chi connectivity index (χ0v) is 11.7. The van der Waals surface area contributed by atoms with E-state index in [1.165, 1.54) is 10.5 Å². The molecule has 19 heavy (non-hydrogen) atoms. The zero-order chi connectivity index (χ0) is 14.3. The molecular formula is C11H17N3O4S. The molecule has 2 N–H and O–H groups in total. The van der Waals surface area contributed by atoms with Gasteiger partial charge in [0.15, 0.2) is 0 Å². The molecule has 0 bridgehead atoms. The number of carboxylic acids is 1. The molecular weight excluding hydrogens is 270 g/mol. The molecule has 0 unspecified atom stereocenters. The Morgan fingerprint density at radius 1 is 1.47 bits per heavy atom. The van der Waals surface area contributed by atoms with Crippen molar-refractivity contribution in [3.05, 3.63) is 11.9 Å². The van der Waals surface area contributed by atoms with Crippen LogP contribution in [0.4, 0.5) is 0 Å². The highest BCUT2D eigenvalue weighted by Gasteiger charge is 2.40. The first-order valence-corrected chi connectivity index (χ1v) is 7.45. The molecule has 8 heteroatoms. The number of rotatable bonds is 3. The Balaban J connectivity index is 2.19. The van der Waals surface area contributed by atoms with Gasteiger partial charge in [-0.15, -0.1) is 0 Å². The number of aliphatic carboxylic acids is 1. The van der Waals surface area contributed by atoms with Gasteiger partial charge < -0.3 is 5.11 Å². The number of carbonyl (C=O) groups is 1. The number of carboxylic acid groups (broad SMARTS) is 1. The van der Waals surface area contributed by atoms with E-state index in [-0.39, 0.29) is 18.0 Å². The molecule has 0 atom stereocenters.